The molecule has 3 aromatic rings. The molecule has 0 saturated carbocycles. The van der Waals surface area contributed by atoms with E-state index >= 15 is 0 Å². The van der Waals surface area contributed by atoms with E-state index in [4.69, 9.17) is 21.6 Å². The summed E-state index contributed by atoms with van der Waals surface area (Å²) in [4.78, 5) is 4.22. The molecule has 22 heavy (non-hydrogen) atoms. The van der Waals surface area contributed by atoms with Crippen molar-refractivity contribution >= 4 is 11.6 Å². The summed E-state index contributed by atoms with van der Waals surface area (Å²) in [6, 6.07) is 12.8. The van der Waals surface area contributed by atoms with E-state index in [9.17, 15) is 0 Å². The van der Waals surface area contributed by atoms with Crippen molar-refractivity contribution in [2.24, 2.45) is 0 Å². The Hall–Kier alpha value is -2.84. The molecule has 0 saturated heterocycles. The first-order valence-corrected chi connectivity index (χ1v) is 6.90. The van der Waals surface area contributed by atoms with Crippen LogP contribution >= 0.6 is 11.6 Å². The highest BCUT2D eigenvalue weighted by atomic mass is 35.5. The van der Waals surface area contributed by atoms with Crippen molar-refractivity contribution < 1.29 is 4.74 Å². The van der Waals surface area contributed by atoms with E-state index in [1.54, 1.807) is 23.9 Å². The highest BCUT2D eigenvalue weighted by Crippen LogP contribution is 2.29. The molecule has 2 heterocycles. The van der Waals surface area contributed by atoms with Crippen molar-refractivity contribution in [1.29, 1.82) is 5.26 Å². The van der Waals surface area contributed by atoms with Gasteiger partial charge in [-0.25, -0.2) is 9.67 Å². The van der Waals surface area contributed by atoms with Gasteiger partial charge in [0, 0.05) is 12.4 Å². The third-order valence-corrected chi connectivity index (χ3v) is 3.35. The van der Waals surface area contributed by atoms with Crippen LogP contribution in [0.5, 0.6) is 11.6 Å². The normalized spacial score (nSPS) is 10.2. The lowest BCUT2D eigenvalue weighted by Gasteiger charge is -2.09. The second-order valence-corrected chi connectivity index (χ2v) is 4.97. The minimum atomic E-state index is 0.282. The summed E-state index contributed by atoms with van der Waals surface area (Å²) in [7, 11) is 0. The fourth-order valence-corrected chi connectivity index (χ4v) is 2.13. The Balaban J connectivity index is 1.85. The maximum absolute atomic E-state index is 8.95. The monoisotopic (exact) mass is 310 g/mol. The van der Waals surface area contributed by atoms with Crippen LogP contribution in [0.15, 0.2) is 48.8 Å². The molecule has 0 fully saturated rings. The Morgan fingerprint density at radius 3 is 2.68 bits per heavy atom. The van der Waals surface area contributed by atoms with Crippen LogP contribution in [0, 0.1) is 18.3 Å². The van der Waals surface area contributed by atoms with Gasteiger partial charge in [-0.3, -0.25) is 0 Å². The molecule has 0 aliphatic heterocycles. The zero-order valence-electron chi connectivity index (χ0n) is 11.7. The summed E-state index contributed by atoms with van der Waals surface area (Å²) in [6.45, 7) is 1.74. The second kappa shape index (κ2) is 5.88. The summed E-state index contributed by atoms with van der Waals surface area (Å²) in [5.41, 5.74) is 1.94. The number of hydrogen-bond donors (Lipinski definition) is 0. The number of hydrogen-bond acceptors (Lipinski definition) is 4. The molecule has 0 atom stereocenters. The fraction of sp³-hybridized carbons (Fsp3) is 0.0625. The number of nitriles is 1. The first-order valence-electron chi connectivity index (χ1n) is 6.52. The van der Waals surface area contributed by atoms with Crippen molar-refractivity contribution in [2.75, 3.05) is 0 Å². The third kappa shape index (κ3) is 2.78. The van der Waals surface area contributed by atoms with Crippen LogP contribution in [0.3, 0.4) is 0 Å². The van der Waals surface area contributed by atoms with Crippen LogP contribution < -0.4 is 4.74 Å². The second-order valence-electron chi connectivity index (χ2n) is 4.57. The zero-order chi connectivity index (χ0) is 15.5. The Morgan fingerprint density at radius 2 is 2.05 bits per heavy atom. The minimum Gasteiger partial charge on any atom is -0.438 e. The van der Waals surface area contributed by atoms with Gasteiger partial charge in [0.25, 0.3) is 0 Å². The van der Waals surface area contributed by atoms with E-state index in [1.807, 2.05) is 42.6 Å². The molecule has 6 heteroatoms. The molecule has 0 amide bonds. The Bertz CT molecular complexity index is 836. The Kier molecular flexibility index (Phi) is 3.77. The number of pyridine rings is 1. The first-order chi connectivity index (χ1) is 10.7. The van der Waals surface area contributed by atoms with Crippen molar-refractivity contribution in [1.82, 2.24) is 14.8 Å². The molecule has 2 aromatic heterocycles. The molecule has 1 aromatic carbocycles. The van der Waals surface area contributed by atoms with Crippen molar-refractivity contribution in [3.8, 4) is 23.4 Å². The lowest BCUT2D eigenvalue weighted by Crippen LogP contribution is -1.96. The Labute approximate surface area is 132 Å². The van der Waals surface area contributed by atoms with Gasteiger partial charge < -0.3 is 4.74 Å². The van der Waals surface area contributed by atoms with E-state index in [0.717, 1.165) is 5.69 Å². The molecule has 0 N–H and O–H groups in total. The number of rotatable bonds is 3. The van der Waals surface area contributed by atoms with Crippen molar-refractivity contribution in [3.63, 3.8) is 0 Å². The van der Waals surface area contributed by atoms with Gasteiger partial charge in [0.2, 0.25) is 5.88 Å². The number of aryl methyl sites for hydroxylation is 1. The average molecular weight is 311 g/mol. The van der Waals surface area contributed by atoms with Gasteiger partial charge in [0.1, 0.15) is 16.8 Å². The fourth-order valence-electron chi connectivity index (χ4n) is 1.94. The highest BCUT2D eigenvalue weighted by molar-refractivity contribution is 6.32. The standard InChI is InChI=1S/C16H11ClN4O/c1-11-12(10-18)9-15(17)16(20-11)22-14-5-3-13(4-6-14)21-8-2-7-19-21/h2-9H,1H3. The van der Waals surface area contributed by atoms with E-state index in [2.05, 4.69) is 10.1 Å². The molecule has 5 nitrogen and oxygen atoms in total. The van der Waals surface area contributed by atoms with E-state index in [1.165, 1.54) is 0 Å². The van der Waals surface area contributed by atoms with Gasteiger partial charge in [-0.05, 0) is 43.3 Å². The zero-order valence-corrected chi connectivity index (χ0v) is 12.4. The van der Waals surface area contributed by atoms with Gasteiger partial charge in [0.15, 0.2) is 0 Å². The van der Waals surface area contributed by atoms with Crippen LogP contribution in [0.4, 0.5) is 0 Å². The van der Waals surface area contributed by atoms with Gasteiger partial charge >= 0.3 is 0 Å². The number of ether oxygens (including phenoxy) is 1. The smallest absolute Gasteiger partial charge is 0.238 e. The van der Waals surface area contributed by atoms with Crippen LogP contribution in [-0.2, 0) is 0 Å². The summed E-state index contributed by atoms with van der Waals surface area (Å²) >= 11 is 6.09. The van der Waals surface area contributed by atoms with Gasteiger partial charge in [-0.2, -0.15) is 10.4 Å². The predicted octanol–water partition coefficient (Wildman–Crippen LogP) is 3.89. The van der Waals surface area contributed by atoms with E-state index in [-0.39, 0.29) is 5.88 Å². The first kappa shape index (κ1) is 14.1. The minimum absolute atomic E-state index is 0.282. The topological polar surface area (TPSA) is 63.7 Å². The molecule has 3 rings (SSSR count). The SMILES string of the molecule is Cc1nc(Oc2ccc(-n3cccn3)cc2)c(Cl)cc1C#N. The third-order valence-electron chi connectivity index (χ3n) is 3.08. The van der Waals surface area contributed by atoms with Crippen molar-refractivity contribution in [2.45, 2.75) is 6.92 Å². The molecule has 0 bridgehead atoms. The molecule has 108 valence electrons. The van der Waals surface area contributed by atoms with Gasteiger partial charge in [-0.15, -0.1) is 0 Å². The van der Waals surface area contributed by atoms with Crippen LogP contribution in [0.25, 0.3) is 5.69 Å². The summed E-state index contributed by atoms with van der Waals surface area (Å²) in [5, 5.41) is 13.4. The molecule has 0 aliphatic rings. The number of nitrogens with zero attached hydrogens (tertiary/aromatic N) is 4. The molecular weight excluding hydrogens is 300 g/mol. The van der Waals surface area contributed by atoms with E-state index in [0.29, 0.717) is 22.0 Å². The van der Waals surface area contributed by atoms with Gasteiger partial charge in [-0.1, -0.05) is 11.6 Å². The number of benzene rings is 1. The lowest BCUT2D eigenvalue weighted by atomic mass is 10.2. The molecule has 0 spiro atoms. The number of halogens is 1. The summed E-state index contributed by atoms with van der Waals surface area (Å²) < 4.78 is 7.43. The number of aromatic nitrogens is 3. The maximum Gasteiger partial charge on any atom is 0.238 e. The van der Waals surface area contributed by atoms with Crippen molar-refractivity contribution in [3.05, 3.63) is 65.1 Å². The predicted molar refractivity (Wildman–Crippen MR) is 82.3 cm³/mol. The summed E-state index contributed by atoms with van der Waals surface area (Å²) in [6.07, 6.45) is 3.58. The Morgan fingerprint density at radius 1 is 1.27 bits per heavy atom. The van der Waals surface area contributed by atoms with Crippen LogP contribution in [-0.4, -0.2) is 14.8 Å². The average Bonchev–Trinajstić information content (AvgIpc) is 3.05. The largest absolute Gasteiger partial charge is 0.438 e. The summed E-state index contributed by atoms with van der Waals surface area (Å²) in [5.74, 6) is 0.888. The van der Waals surface area contributed by atoms with Gasteiger partial charge in [0.05, 0.1) is 16.9 Å². The molecule has 0 radical (unpaired) electrons. The van der Waals surface area contributed by atoms with Crippen LogP contribution in [0.2, 0.25) is 5.02 Å². The molecule has 0 aliphatic carbocycles. The molecule has 0 unspecified atom stereocenters. The van der Waals surface area contributed by atoms with Crippen LogP contribution in [0.1, 0.15) is 11.3 Å². The molecular formula is C16H11ClN4O. The maximum atomic E-state index is 8.95. The quantitative estimate of drug-likeness (QED) is 0.736. The lowest BCUT2D eigenvalue weighted by molar-refractivity contribution is 0.461. The highest BCUT2D eigenvalue weighted by Gasteiger charge is 2.10. The van der Waals surface area contributed by atoms with E-state index < -0.39 is 0 Å².